The molecule has 2 atom stereocenters. The van der Waals surface area contributed by atoms with E-state index in [1.807, 2.05) is 0 Å². The summed E-state index contributed by atoms with van der Waals surface area (Å²) in [6.07, 6.45) is 2.03. The number of piperidine rings is 1. The van der Waals surface area contributed by atoms with E-state index in [0.717, 1.165) is 24.9 Å². The normalized spacial score (nSPS) is 26.0. The van der Waals surface area contributed by atoms with Gasteiger partial charge in [0, 0.05) is 46.3 Å². The zero-order valence-electron chi connectivity index (χ0n) is 14.0. The molecule has 0 N–H and O–H groups in total. The smallest absolute Gasteiger partial charge is 0.281 e. The van der Waals surface area contributed by atoms with Crippen LogP contribution in [0.15, 0.2) is 18.2 Å². The Kier molecular flexibility index (Phi) is 5.18. The molecule has 2 bridgehead atoms. The number of fused-ring (bicyclic) bond motifs is 4. The maximum atomic E-state index is 13.3. The highest BCUT2D eigenvalue weighted by Gasteiger charge is 2.39. The highest BCUT2D eigenvalue weighted by molar-refractivity contribution is 7.86. The standard InChI is InChI=1S/C16H23ClFN3O2S/c1-19(2)24(22,23)21-10-13-3-5-14(11-21)20(9-13)8-12-4-6-16(18)15(17)7-12/h4,6-7,13-14H,3,5,8-11H2,1-2H3. The van der Waals surface area contributed by atoms with E-state index in [9.17, 15) is 12.8 Å². The van der Waals surface area contributed by atoms with Crippen molar-refractivity contribution in [2.24, 2.45) is 5.92 Å². The zero-order valence-corrected chi connectivity index (χ0v) is 15.5. The number of halogens is 2. The number of rotatable bonds is 4. The van der Waals surface area contributed by atoms with Gasteiger partial charge in [0.25, 0.3) is 10.2 Å². The van der Waals surface area contributed by atoms with Gasteiger partial charge in [0.05, 0.1) is 5.02 Å². The van der Waals surface area contributed by atoms with Crippen LogP contribution >= 0.6 is 11.6 Å². The van der Waals surface area contributed by atoms with Crippen LogP contribution in [0.3, 0.4) is 0 Å². The van der Waals surface area contributed by atoms with Gasteiger partial charge >= 0.3 is 0 Å². The van der Waals surface area contributed by atoms with E-state index in [1.165, 1.54) is 10.4 Å². The lowest BCUT2D eigenvalue weighted by atomic mass is 9.94. The van der Waals surface area contributed by atoms with E-state index in [-0.39, 0.29) is 11.1 Å². The molecule has 2 unspecified atom stereocenters. The summed E-state index contributed by atoms with van der Waals surface area (Å²) in [5.41, 5.74) is 0.955. The first-order valence-electron chi connectivity index (χ1n) is 8.13. The minimum absolute atomic E-state index is 0.129. The van der Waals surface area contributed by atoms with Crippen molar-refractivity contribution in [2.75, 3.05) is 33.7 Å². The van der Waals surface area contributed by atoms with Crippen molar-refractivity contribution in [3.63, 3.8) is 0 Å². The average Bonchev–Trinajstić information content (AvgIpc) is 2.83. The molecule has 0 aliphatic carbocycles. The lowest BCUT2D eigenvalue weighted by Gasteiger charge is -2.36. The lowest BCUT2D eigenvalue weighted by Crippen LogP contribution is -2.45. The molecule has 3 saturated heterocycles. The molecule has 0 spiro atoms. The van der Waals surface area contributed by atoms with Gasteiger partial charge in [-0.15, -0.1) is 0 Å². The molecule has 0 amide bonds. The van der Waals surface area contributed by atoms with Crippen LogP contribution in [0.1, 0.15) is 18.4 Å². The van der Waals surface area contributed by atoms with Gasteiger partial charge in [-0.1, -0.05) is 17.7 Å². The maximum absolute atomic E-state index is 13.3. The van der Waals surface area contributed by atoms with Gasteiger partial charge in [0.1, 0.15) is 5.82 Å². The molecule has 3 aliphatic heterocycles. The maximum Gasteiger partial charge on any atom is 0.281 e. The van der Waals surface area contributed by atoms with Gasteiger partial charge < -0.3 is 0 Å². The molecule has 0 radical (unpaired) electrons. The third-order valence-electron chi connectivity index (χ3n) is 4.95. The largest absolute Gasteiger partial charge is 0.294 e. The predicted octanol–water partition coefficient (Wildman–Crippen LogP) is 2.18. The van der Waals surface area contributed by atoms with Gasteiger partial charge in [-0.05, 0) is 36.5 Å². The second-order valence-corrected chi connectivity index (χ2v) is 9.43. The molecular weight excluding hydrogens is 353 g/mol. The van der Waals surface area contributed by atoms with E-state index in [1.54, 1.807) is 30.5 Å². The van der Waals surface area contributed by atoms with Crippen molar-refractivity contribution in [3.05, 3.63) is 34.6 Å². The Balaban J connectivity index is 1.77. The van der Waals surface area contributed by atoms with Crippen LogP contribution in [0.25, 0.3) is 0 Å². The molecule has 134 valence electrons. The summed E-state index contributed by atoms with van der Waals surface area (Å²) in [5.74, 6) is -0.0875. The highest BCUT2D eigenvalue weighted by atomic mass is 35.5. The summed E-state index contributed by atoms with van der Waals surface area (Å²) >= 11 is 5.87. The fraction of sp³-hybridized carbons (Fsp3) is 0.625. The van der Waals surface area contributed by atoms with Gasteiger partial charge in [0.15, 0.2) is 0 Å². The van der Waals surface area contributed by atoms with Crippen molar-refractivity contribution in [1.82, 2.24) is 13.5 Å². The van der Waals surface area contributed by atoms with Crippen LogP contribution in [0.2, 0.25) is 5.02 Å². The fourth-order valence-corrected chi connectivity index (χ4v) is 5.05. The van der Waals surface area contributed by atoms with E-state index < -0.39 is 16.0 Å². The van der Waals surface area contributed by atoms with Gasteiger partial charge in [-0.25, -0.2) is 4.39 Å². The summed E-state index contributed by atoms with van der Waals surface area (Å²) < 4.78 is 41.2. The summed E-state index contributed by atoms with van der Waals surface area (Å²) in [6, 6.07) is 4.97. The molecule has 3 heterocycles. The molecule has 5 nitrogen and oxygen atoms in total. The molecule has 1 aromatic carbocycles. The first-order chi connectivity index (χ1) is 11.3. The van der Waals surface area contributed by atoms with Crippen LogP contribution in [0.5, 0.6) is 0 Å². The SMILES string of the molecule is CN(C)S(=O)(=O)N1CC2CCC(C1)N(Cc1ccc(F)c(Cl)c1)C2. The Labute approximate surface area is 148 Å². The van der Waals surface area contributed by atoms with Crippen molar-refractivity contribution in [2.45, 2.75) is 25.4 Å². The molecule has 1 aromatic rings. The van der Waals surface area contributed by atoms with Crippen molar-refractivity contribution < 1.29 is 12.8 Å². The summed E-state index contributed by atoms with van der Waals surface area (Å²) in [4.78, 5) is 2.31. The molecule has 4 rings (SSSR count). The molecule has 24 heavy (non-hydrogen) atoms. The quantitative estimate of drug-likeness (QED) is 0.810. The zero-order chi connectivity index (χ0) is 17.5. The van der Waals surface area contributed by atoms with Crippen molar-refractivity contribution in [3.8, 4) is 0 Å². The van der Waals surface area contributed by atoms with E-state index in [0.29, 0.717) is 25.6 Å². The average molecular weight is 376 g/mol. The Morgan fingerprint density at radius 3 is 2.67 bits per heavy atom. The minimum Gasteiger partial charge on any atom is -0.294 e. The van der Waals surface area contributed by atoms with Crippen molar-refractivity contribution in [1.29, 1.82) is 0 Å². The number of nitrogens with zero attached hydrogens (tertiary/aromatic N) is 3. The Morgan fingerprint density at radius 1 is 1.25 bits per heavy atom. The number of hydrogen-bond donors (Lipinski definition) is 0. The van der Waals surface area contributed by atoms with Crippen LogP contribution in [0.4, 0.5) is 4.39 Å². The Hall–Kier alpha value is -0.730. The van der Waals surface area contributed by atoms with Gasteiger partial charge in [-0.3, -0.25) is 4.90 Å². The third kappa shape index (κ3) is 3.60. The lowest BCUT2D eigenvalue weighted by molar-refractivity contribution is 0.125. The van der Waals surface area contributed by atoms with E-state index in [4.69, 9.17) is 11.6 Å². The molecule has 8 heteroatoms. The first kappa shape index (κ1) is 18.1. The fourth-order valence-electron chi connectivity index (χ4n) is 3.62. The first-order valence-corrected chi connectivity index (χ1v) is 9.90. The van der Waals surface area contributed by atoms with Crippen molar-refractivity contribution >= 4 is 21.8 Å². The molecule has 3 aliphatic rings. The van der Waals surface area contributed by atoms with E-state index in [2.05, 4.69) is 4.90 Å². The Morgan fingerprint density at radius 2 is 2.00 bits per heavy atom. The number of benzene rings is 1. The predicted molar refractivity (Wildman–Crippen MR) is 92.5 cm³/mol. The number of hydrogen-bond acceptors (Lipinski definition) is 3. The highest BCUT2D eigenvalue weighted by Crippen LogP contribution is 2.31. The monoisotopic (exact) mass is 375 g/mol. The van der Waals surface area contributed by atoms with Crippen LogP contribution in [0, 0.1) is 11.7 Å². The second-order valence-electron chi connectivity index (χ2n) is 6.88. The third-order valence-corrected chi connectivity index (χ3v) is 7.11. The Bertz CT molecular complexity index is 713. The minimum atomic E-state index is -3.39. The molecule has 0 saturated carbocycles. The van der Waals surface area contributed by atoms with Crippen LogP contribution < -0.4 is 0 Å². The second kappa shape index (κ2) is 6.88. The van der Waals surface area contributed by atoms with Gasteiger partial charge in [0.2, 0.25) is 0 Å². The van der Waals surface area contributed by atoms with E-state index >= 15 is 0 Å². The molecule has 3 fully saturated rings. The topological polar surface area (TPSA) is 43.9 Å². The summed E-state index contributed by atoms with van der Waals surface area (Å²) in [6.45, 7) is 2.60. The summed E-state index contributed by atoms with van der Waals surface area (Å²) in [7, 11) is -0.249. The van der Waals surface area contributed by atoms with Crippen LogP contribution in [-0.4, -0.2) is 61.7 Å². The van der Waals surface area contributed by atoms with Crippen LogP contribution in [-0.2, 0) is 16.8 Å². The molecular formula is C16H23ClFN3O2S. The molecule has 0 aromatic heterocycles. The summed E-state index contributed by atoms with van der Waals surface area (Å²) in [5, 5.41) is 0.129. The van der Waals surface area contributed by atoms with Gasteiger partial charge in [-0.2, -0.15) is 17.0 Å².